The van der Waals surface area contributed by atoms with E-state index in [1.807, 2.05) is 6.92 Å². The number of hydrogen-bond donors (Lipinski definition) is 0. The van der Waals surface area contributed by atoms with Crippen molar-refractivity contribution in [3.8, 4) is 5.75 Å². The maximum absolute atomic E-state index is 12.2. The molecule has 1 aliphatic heterocycles. The van der Waals surface area contributed by atoms with Crippen molar-refractivity contribution in [1.82, 2.24) is 4.90 Å². The number of esters is 2. The maximum Gasteiger partial charge on any atom is 0.341 e. The van der Waals surface area contributed by atoms with Crippen LogP contribution in [0.2, 0.25) is 0 Å². The van der Waals surface area contributed by atoms with Crippen LogP contribution in [0.1, 0.15) is 24.2 Å². The molecule has 1 saturated heterocycles. The lowest BCUT2D eigenvalue weighted by Crippen LogP contribution is -2.29. The van der Waals surface area contributed by atoms with Gasteiger partial charge in [-0.25, -0.2) is 9.59 Å². The second-order valence-electron chi connectivity index (χ2n) is 5.13. The van der Waals surface area contributed by atoms with Gasteiger partial charge in [0.15, 0.2) is 0 Å². The molecule has 1 aromatic carbocycles. The fraction of sp³-hybridized carbons (Fsp3) is 0.389. The van der Waals surface area contributed by atoms with Gasteiger partial charge in [-0.15, -0.1) is 0 Å². The summed E-state index contributed by atoms with van der Waals surface area (Å²) >= 11 is 1.25. The van der Waals surface area contributed by atoms with Crippen molar-refractivity contribution in [2.24, 2.45) is 0 Å². The van der Waals surface area contributed by atoms with Crippen LogP contribution in [0.25, 0.3) is 0 Å². The third-order valence-corrected chi connectivity index (χ3v) is 4.42. The first kappa shape index (κ1) is 19.8. The molecule has 0 spiro atoms. The molecule has 7 nitrogen and oxygen atoms in total. The van der Waals surface area contributed by atoms with Gasteiger partial charge in [-0.05, 0) is 26.0 Å². The van der Waals surface area contributed by atoms with Gasteiger partial charge in [-0.2, -0.15) is 0 Å². The number of rotatable bonds is 8. The molecule has 0 unspecified atom stereocenters. The monoisotopic (exact) mass is 379 g/mol. The quantitative estimate of drug-likeness (QED) is 0.506. The zero-order chi connectivity index (χ0) is 18.9. The fourth-order valence-corrected chi connectivity index (χ4v) is 3.23. The third-order valence-electron chi connectivity index (χ3n) is 3.39. The Labute approximate surface area is 156 Å². The van der Waals surface area contributed by atoms with Gasteiger partial charge in [0.05, 0.1) is 36.6 Å². The molecule has 0 bridgehead atoms. The number of benzene rings is 1. The Morgan fingerprint density at radius 3 is 2.69 bits per heavy atom. The summed E-state index contributed by atoms with van der Waals surface area (Å²) in [5, 5.41) is 0.499. The molecule has 0 aromatic heterocycles. The Morgan fingerprint density at radius 1 is 1.19 bits per heavy atom. The highest BCUT2D eigenvalue weighted by molar-refractivity contribution is 8.04. The first-order valence-corrected chi connectivity index (χ1v) is 9.26. The highest BCUT2D eigenvalue weighted by Crippen LogP contribution is 2.28. The van der Waals surface area contributed by atoms with Crippen LogP contribution in [-0.2, 0) is 19.1 Å². The van der Waals surface area contributed by atoms with Gasteiger partial charge in [-0.1, -0.05) is 23.9 Å². The molecule has 1 amide bonds. The SMILES string of the molecule is CCOC(=O)/C=C1\SCC(=O)N1CCOC(=O)c1ccccc1OCC. The lowest BCUT2D eigenvalue weighted by Gasteiger charge is -2.17. The van der Waals surface area contributed by atoms with E-state index in [-0.39, 0.29) is 31.4 Å². The zero-order valence-electron chi connectivity index (χ0n) is 14.7. The number of para-hydroxylation sites is 1. The van der Waals surface area contributed by atoms with E-state index in [9.17, 15) is 14.4 Å². The molecule has 1 fully saturated rings. The van der Waals surface area contributed by atoms with Crippen LogP contribution < -0.4 is 4.74 Å². The molecule has 0 aliphatic carbocycles. The summed E-state index contributed by atoms with van der Waals surface area (Å²) in [6, 6.07) is 6.81. The molecular weight excluding hydrogens is 358 g/mol. The molecule has 0 N–H and O–H groups in total. The third kappa shape index (κ3) is 5.26. The van der Waals surface area contributed by atoms with E-state index >= 15 is 0 Å². The first-order valence-electron chi connectivity index (χ1n) is 8.27. The summed E-state index contributed by atoms with van der Waals surface area (Å²) in [5.74, 6) is -0.472. The summed E-state index contributed by atoms with van der Waals surface area (Å²) in [5.41, 5.74) is 0.332. The smallest absolute Gasteiger partial charge is 0.341 e. The molecule has 2 rings (SSSR count). The van der Waals surface area contributed by atoms with Gasteiger partial charge < -0.3 is 19.1 Å². The van der Waals surface area contributed by atoms with Gasteiger partial charge in [0, 0.05) is 0 Å². The van der Waals surface area contributed by atoms with E-state index in [4.69, 9.17) is 14.2 Å². The Bertz CT molecular complexity index is 703. The van der Waals surface area contributed by atoms with Crippen LogP contribution in [0.3, 0.4) is 0 Å². The van der Waals surface area contributed by atoms with Crippen LogP contribution in [0, 0.1) is 0 Å². The summed E-state index contributed by atoms with van der Waals surface area (Å²) in [6.45, 7) is 4.41. The van der Waals surface area contributed by atoms with Crippen LogP contribution >= 0.6 is 11.8 Å². The molecule has 0 atom stereocenters. The molecule has 1 heterocycles. The lowest BCUT2D eigenvalue weighted by atomic mass is 10.2. The highest BCUT2D eigenvalue weighted by atomic mass is 32.2. The van der Waals surface area contributed by atoms with Crippen LogP contribution in [0.5, 0.6) is 5.75 Å². The van der Waals surface area contributed by atoms with E-state index in [1.54, 1.807) is 31.2 Å². The summed E-state index contributed by atoms with van der Waals surface area (Å²) < 4.78 is 15.5. The zero-order valence-corrected chi connectivity index (χ0v) is 15.5. The summed E-state index contributed by atoms with van der Waals surface area (Å²) in [6.07, 6.45) is 1.28. The van der Waals surface area contributed by atoms with Gasteiger partial charge >= 0.3 is 11.9 Å². The lowest BCUT2D eigenvalue weighted by molar-refractivity contribution is -0.137. The number of thioether (sulfide) groups is 1. The Kier molecular flexibility index (Phi) is 7.53. The van der Waals surface area contributed by atoms with Gasteiger partial charge in [0.25, 0.3) is 0 Å². The Morgan fingerprint density at radius 2 is 1.96 bits per heavy atom. The van der Waals surface area contributed by atoms with Gasteiger partial charge in [0.1, 0.15) is 17.9 Å². The van der Waals surface area contributed by atoms with E-state index in [1.165, 1.54) is 22.7 Å². The minimum absolute atomic E-state index is 0.00571. The van der Waals surface area contributed by atoms with Crippen LogP contribution in [0.4, 0.5) is 0 Å². The number of nitrogens with zero attached hydrogens (tertiary/aromatic N) is 1. The van der Waals surface area contributed by atoms with Crippen molar-refractivity contribution in [1.29, 1.82) is 0 Å². The summed E-state index contributed by atoms with van der Waals surface area (Å²) in [4.78, 5) is 37.2. The van der Waals surface area contributed by atoms with Gasteiger partial charge in [-0.3, -0.25) is 4.79 Å². The largest absolute Gasteiger partial charge is 0.493 e. The predicted molar refractivity (Wildman–Crippen MR) is 96.8 cm³/mol. The van der Waals surface area contributed by atoms with Crippen molar-refractivity contribution >= 4 is 29.6 Å². The van der Waals surface area contributed by atoms with Crippen molar-refractivity contribution in [3.63, 3.8) is 0 Å². The van der Waals surface area contributed by atoms with E-state index in [2.05, 4.69) is 0 Å². The Balaban J connectivity index is 1.94. The van der Waals surface area contributed by atoms with Crippen molar-refractivity contribution in [2.45, 2.75) is 13.8 Å². The van der Waals surface area contributed by atoms with Crippen molar-refractivity contribution < 1.29 is 28.6 Å². The standard InChI is InChI=1S/C18H21NO6S/c1-3-23-14-8-6-5-7-13(14)18(22)25-10-9-19-15(20)12-26-16(19)11-17(21)24-4-2/h5-8,11H,3-4,9-10,12H2,1-2H3/b16-11-. The van der Waals surface area contributed by atoms with E-state index < -0.39 is 11.9 Å². The van der Waals surface area contributed by atoms with Crippen molar-refractivity contribution in [2.75, 3.05) is 32.1 Å². The Hall–Kier alpha value is -2.48. The molecule has 1 aliphatic rings. The number of hydrogen-bond acceptors (Lipinski definition) is 7. The predicted octanol–water partition coefficient (Wildman–Crippen LogP) is 2.22. The van der Waals surface area contributed by atoms with Crippen LogP contribution in [-0.4, -0.2) is 54.9 Å². The van der Waals surface area contributed by atoms with Gasteiger partial charge in [0.2, 0.25) is 5.91 Å². The average molecular weight is 379 g/mol. The van der Waals surface area contributed by atoms with E-state index in [0.29, 0.717) is 22.9 Å². The second kappa shape index (κ2) is 9.86. The molecule has 8 heteroatoms. The number of carbonyl (C=O) groups excluding carboxylic acids is 3. The second-order valence-corrected chi connectivity index (χ2v) is 6.13. The highest BCUT2D eigenvalue weighted by Gasteiger charge is 2.27. The molecular formula is C18H21NO6S. The maximum atomic E-state index is 12.2. The average Bonchev–Trinajstić information content (AvgIpc) is 2.96. The fourth-order valence-electron chi connectivity index (χ4n) is 2.28. The molecule has 140 valence electrons. The number of ether oxygens (including phenoxy) is 3. The molecule has 26 heavy (non-hydrogen) atoms. The minimum Gasteiger partial charge on any atom is -0.493 e. The molecule has 1 aromatic rings. The normalized spacial score (nSPS) is 15.2. The van der Waals surface area contributed by atoms with Crippen LogP contribution in [0.15, 0.2) is 35.4 Å². The topological polar surface area (TPSA) is 82.1 Å². The number of carbonyl (C=O) groups is 3. The number of amides is 1. The summed E-state index contributed by atoms with van der Waals surface area (Å²) in [7, 11) is 0. The van der Waals surface area contributed by atoms with Crippen molar-refractivity contribution in [3.05, 3.63) is 40.9 Å². The molecule has 0 radical (unpaired) electrons. The molecule has 0 saturated carbocycles. The minimum atomic E-state index is -0.524. The first-order chi connectivity index (χ1) is 12.6. The van der Waals surface area contributed by atoms with E-state index in [0.717, 1.165) is 0 Å².